The zero-order chi connectivity index (χ0) is 9.80. The van der Waals surface area contributed by atoms with Crippen molar-refractivity contribution in [3.63, 3.8) is 0 Å². The van der Waals surface area contributed by atoms with Crippen molar-refractivity contribution in [1.29, 1.82) is 0 Å². The number of hydrogen-bond donors (Lipinski definition) is 1. The minimum absolute atomic E-state index is 0.196. The molecule has 2 heterocycles. The summed E-state index contributed by atoms with van der Waals surface area (Å²) in [6.45, 7) is 0.196. The Morgan fingerprint density at radius 2 is 2.43 bits per heavy atom. The molecule has 0 spiro atoms. The lowest BCUT2D eigenvalue weighted by Gasteiger charge is -1.88. The average Bonchev–Trinajstić information content (AvgIpc) is 2.85. The first-order chi connectivity index (χ1) is 6.90. The molecular weight excluding hydrogens is 198 g/mol. The van der Waals surface area contributed by atoms with E-state index in [4.69, 9.17) is 9.63 Å². The van der Waals surface area contributed by atoms with Crippen LogP contribution in [0.1, 0.15) is 12.1 Å². The lowest BCUT2D eigenvalue weighted by atomic mass is 10.2. The number of aliphatic hydroxyl groups is 1. The molecule has 14 heavy (non-hydrogen) atoms. The van der Waals surface area contributed by atoms with E-state index in [1.54, 1.807) is 11.3 Å². The van der Waals surface area contributed by atoms with Crippen molar-refractivity contribution in [3.05, 3.63) is 29.3 Å². The highest BCUT2D eigenvalue weighted by molar-refractivity contribution is 7.13. The van der Waals surface area contributed by atoms with E-state index >= 15 is 0 Å². The smallest absolute Gasteiger partial charge is 0.177 e. The maximum Gasteiger partial charge on any atom is 0.177 e. The highest BCUT2D eigenvalue weighted by Gasteiger charge is 2.06. The van der Waals surface area contributed by atoms with Gasteiger partial charge in [0.05, 0.1) is 10.6 Å². The molecule has 0 radical (unpaired) electrons. The van der Waals surface area contributed by atoms with E-state index in [-0.39, 0.29) is 6.61 Å². The molecule has 0 bridgehead atoms. The molecule has 2 aromatic heterocycles. The normalized spacial score (nSPS) is 10.6. The molecule has 0 aromatic carbocycles. The third-order valence-electron chi connectivity index (χ3n) is 1.91. The second kappa shape index (κ2) is 4.39. The van der Waals surface area contributed by atoms with E-state index in [1.807, 2.05) is 23.6 Å². The molecule has 0 saturated carbocycles. The SMILES string of the molecule is OCCCc1cc(-c2cccs2)on1. The third kappa shape index (κ3) is 2.02. The lowest BCUT2D eigenvalue weighted by molar-refractivity contribution is 0.287. The van der Waals surface area contributed by atoms with Gasteiger partial charge in [-0.2, -0.15) is 0 Å². The summed E-state index contributed by atoms with van der Waals surface area (Å²) >= 11 is 1.63. The second-order valence-electron chi connectivity index (χ2n) is 2.99. The van der Waals surface area contributed by atoms with Crippen molar-refractivity contribution in [2.24, 2.45) is 0 Å². The first-order valence-corrected chi connectivity index (χ1v) is 5.38. The van der Waals surface area contributed by atoms with E-state index in [0.29, 0.717) is 0 Å². The van der Waals surface area contributed by atoms with Crippen molar-refractivity contribution < 1.29 is 9.63 Å². The van der Waals surface area contributed by atoms with Gasteiger partial charge in [0.1, 0.15) is 0 Å². The number of hydrogen-bond acceptors (Lipinski definition) is 4. The Labute approximate surface area is 86.0 Å². The Morgan fingerprint density at radius 3 is 3.14 bits per heavy atom. The first kappa shape index (κ1) is 9.43. The maximum absolute atomic E-state index is 8.66. The fraction of sp³-hybridized carbons (Fsp3) is 0.300. The molecule has 0 unspecified atom stereocenters. The van der Waals surface area contributed by atoms with Crippen molar-refractivity contribution in [2.45, 2.75) is 12.8 Å². The predicted molar refractivity (Wildman–Crippen MR) is 55.2 cm³/mol. The Bertz CT molecular complexity index is 380. The van der Waals surface area contributed by atoms with Gasteiger partial charge in [0.15, 0.2) is 5.76 Å². The Hall–Kier alpha value is -1.13. The molecule has 0 aliphatic carbocycles. The van der Waals surface area contributed by atoms with Gasteiger partial charge < -0.3 is 9.63 Å². The maximum atomic E-state index is 8.66. The Kier molecular flexibility index (Phi) is 2.96. The molecule has 0 aliphatic heterocycles. The fourth-order valence-corrected chi connectivity index (χ4v) is 1.90. The molecule has 2 aromatic rings. The van der Waals surface area contributed by atoms with Gasteiger partial charge in [-0.15, -0.1) is 11.3 Å². The zero-order valence-electron chi connectivity index (χ0n) is 7.64. The van der Waals surface area contributed by atoms with Crippen LogP contribution in [-0.2, 0) is 6.42 Å². The largest absolute Gasteiger partial charge is 0.396 e. The number of aromatic nitrogens is 1. The predicted octanol–water partition coefficient (Wildman–Crippen LogP) is 2.33. The molecule has 2 rings (SSSR count). The van der Waals surface area contributed by atoms with E-state index in [9.17, 15) is 0 Å². The van der Waals surface area contributed by atoms with Crippen LogP contribution in [0, 0.1) is 0 Å². The molecule has 0 fully saturated rings. The van der Waals surface area contributed by atoms with E-state index < -0.39 is 0 Å². The highest BCUT2D eigenvalue weighted by Crippen LogP contribution is 2.25. The summed E-state index contributed by atoms with van der Waals surface area (Å²) in [5, 5.41) is 14.6. The standard InChI is InChI=1S/C10H11NO2S/c12-5-1-3-8-7-9(13-11-8)10-4-2-6-14-10/h2,4,6-7,12H,1,3,5H2. The van der Waals surface area contributed by atoms with E-state index in [0.717, 1.165) is 29.2 Å². The molecule has 74 valence electrons. The number of aryl methyl sites for hydroxylation is 1. The molecule has 0 aliphatic rings. The zero-order valence-corrected chi connectivity index (χ0v) is 8.46. The van der Waals surface area contributed by atoms with Crippen LogP contribution < -0.4 is 0 Å². The summed E-state index contributed by atoms with van der Waals surface area (Å²) in [6, 6.07) is 5.92. The molecule has 4 heteroatoms. The van der Waals surface area contributed by atoms with Crippen LogP contribution in [0.3, 0.4) is 0 Å². The minimum atomic E-state index is 0.196. The summed E-state index contributed by atoms with van der Waals surface area (Å²) in [7, 11) is 0. The monoisotopic (exact) mass is 209 g/mol. The number of nitrogens with zero attached hydrogens (tertiary/aromatic N) is 1. The van der Waals surface area contributed by atoms with Gasteiger partial charge in [0.2, 0.25) is 0 Å². The number of thiophene rings is 1. The Morgan fingerprint density at radius 1 is 1.50 bits per heavy atom. The fourth-order valence-electron chi connectivity index (χ4n) is 1.22. The summed E-state index contributed by atoms with van der Waals surface area (Å²) < 4.78 is 5.18. The van der Waals surface area contributed by atoms with Crippen molar-refractivity contribution in [1.82, 2.24) is 5.16 Å². The number of aliphatic hydroxyl groups excluding tert-OH is 1. The van der Waals surface area contributed by atoms with Crippen molar-refractivity contribution >= 4 is 11.3 Å². The molecule has 0 atom stereocenters. The summed E-state index contributed by atoms with van der Waals surface area (Å²) in [6.07, 6.45) is 1.50. The van der Waals surface area contributed by atoms with Gasteiger partial charge in [-0.05, 0) is 24.3 Å². The van der Waals surface area contributed by atoms with Crippen LogP contribution in [-0.4, -0.2) is 16.9 Å². The molecule has 0 amide bonds. The van der Waals surface area contributed by atoms with Crippen molar-refractivity contribution in [3.8, 4) is 10.6 Å². The minimum Gasteiger partial charge on any atom is -0.396 e. The van der Waals surface area contributed by atoms with Gasteiger partial charge in [0, 0.05) is 12.7 Å². The van der Waals surface area contributed by atoms with Crippen LogP contribution in [0.25, 0.3) is 10.6 Å². The molecule has 1 N–H and O–H groups in total. The van der Waals surface area contributed by atoms with E-state index in [1.165, 1.54) is 0 Å². The first-order valence-electron chi connectivity index (χ1n) is 4.50. The van der Waals surface area contributed by atoms with Gasteiger partial charge in [-0.1, -0.05) is 11.2 Å². The molecule has 0 saturated heterocycles. The summed E-state index contributed by atoms with van der Waals surface area (Å²) in [5.41, 5.74) is 0.905. The number of rotatable bonds is 4. The molecular formula is C10H11NO2S. The van der Waals surface area contributed by atoms with Gasteiger partial charge >= 0.3 is 0 Å². The van der Waals surface area contributed by atoms with Gasteiger partial charge in [-0.25, -0.2) is 0 Å². The Balaban J connectivity index is 2.10. The van der Waals surface area contributed by atoms with Gasteiger partial charge in [0.25, 0.3) is 0 Å². The highest BCUT2D eigenvalue weighted by atomic mass is 32.1. The third-order valence-corrected chi connectivity index (χ3v) is 2.80. The second-order valence-corrected chi connectivity index (χ2v) is 3.93. The summed E-state index contributed by atoms with van der Waals surface area (Å²) in [5.74, 6) is 0.813. The van der Waals surface area contributed by atoms with Crippen LogP contribution in [0.2, 0.25) is 0 Å². The van der Waals surface area contributed by atoms with Crippen LogP contribution in [0.5, 0.6) is 0 Å². The lowest BCUT2D eigenvalue weighted by Crippen LogP contribution is -1.88. The average molecular weight is 209 g/mol. The quantitative estimate of drug-likeness (QED) is 0.840. The van der Waals surface area contributed by atoms with Gasteiger partial charge in [-0.3, -0.25) is 0 Å². The van der Waals surface area contributed by atoms with Crippen LogP contribution >= 0.6 is 11.3 Å². The van der Waals surface area contributed by atoms with Crippen LogP contribution in [0.4, 0.5) is 0 Å². The topological polar surface area (TPSA) is 46.3 Å². The van der Waals surface area contributed by atoms with Crippen molar-refractivity contribution in [2.75, 3.05) is 6.61 Å². The molecule has 3 nitrogen and oxygen atoms in total. The summed E-state index contributed by atoms with van der Waals surface area (Å²) in [4.78, 5) is 1.09. The van der Waals surface area contributed by atoms with Crippen LogP contribution in [0.15, 0.2) is 28.1 Å². The van der Waals surface area contributed by atoms with E-state index in [2.05, 4.69) is 5.16 Å².